The smallest absolute Gasteiger partial charge is 0.242 e. The van der Waals surface area contributed by atoms with E-state index in [1.165, 1.54) is 5.69 Å². The summed E-state index contributed by atoms with van der Waals surface area (Å²) >= 11 is 0. The molecule has 0 radical (unpaired) electrons. The van der Waals surface area contributed by atoms with E-state index in [-0.39, 0.29) is 23.1 Å². The highest BCUT2D eigenvalue weighted by molar-refractivity contribution is 7.90. The van der Waals surface area contributed by atoms with Crippen LogP contribution < -0.4 is 4.90 Å². The molecule has 5 rings (SSSR count). The van der Waals surface area contributed by atoms with Crippen LogP contribution in [-0.2, 0) is 26.9 Å². The van der Waals surface area contributed by atoms with Crippen LogP contribution in [0.1, 0.15) is 5.56 Å². The number of anilines is 1. The molecule has 0 N–H and O–H groups in total. The normalized spacial score (nSPS) is 14.5. The van der Waals surface area contributed by atoms with Crippen molar-refractivity contribution in [3.8, 4) is 0 Å². The lowest BCUT2D eigenvalue weighted by Gasteiger charge is -2.36. The second-order valence-corrected chi connectivity index (χ2v) is 10.5. The van der Waals surface area contributed by atoms with Gasteiger partial charge < -0.3 is 14.4 Å². The Morgan fingerprint density at radius 1 is 0.765 bits per heavy atom. The number of piperazine rings is 1. The van der Waals surface area contributed by atoms with Crippen LogP contribution in [0, 0.1) is 0 Å². The Morgan fingerprint density at radius 2 is 1.38 bits per heavy atom. The highest BCUT2D eigenvalue weighted by Gasteiger charge is 2.25. The SMILES string of the molecule is O=C(Cn1cc(S(=O)(=O)Cc2ccccc2)c2ccccc21)N1CCN(c2ccccc2)CC1. The van der Waals surface area contributed by atoms with Crippen LogP contribution in [0.4, 0.5) is 5.69 Å². The van der Waals surface area contributed by atoms with Crippen molar-refractivity contribution in [1.29, 1.82) is 0 Å². The van der Waals surface area contributed by atoms with Gasteiger partial charge in [0.1, 0.15) is 6.54 Å². The van der Waals surface area contributed by atoms with Gasteiger partial charge in [-0.25, -0.2) is 8.42 Å². The summed E-state index contributed by atoms with van der Waals surface area (Å²) in [6.07, 6.45) is 1.63. The van der Waals surface area contributed by atoms with Crippen LogP contribution in [-0.4, -0.2) is 50.0 Å². The van der Waals surface area contributed by atoms with Crippen molar-refractivity contribution < 1.29 is 13.2 Å². The van der Waals surface area contributed by atoms with Crippen molar-refractivity contribution in [3.63, 3.8) is 0 Å². The molecule has 1 saturated heterocycles. The van der Waals surface area contributed by atoms with E-state index in [9.17, 15) is 13.2 Å². The van der Waals surface area contributed by atoms with E-state index in [0.29, 0.717) is 18.5 Å². The summed E-state index contributed by atoms with van der Waals surface area (Å²) in [5.74, 6) is -0.0717. The van der Waals surface area contributed by atoms with Crippen LogP contribution in [0.15, 0.2) is 96.0 Å². The second-order valence-electron chi connectivity index (χ2n) is 8.59. The molecule has 2 heterocycles. The van der Waals surface area contributed by atoms with Gasteiger partial charge in [-0.05, 0) is 23.8 Å². The van der Waals surface area contributed by atoms with Crippen molar-refractivity contribution in [2.24, 2.45) is 0 Å². The van der Waals surface area contributed by atoms with Gasteiger partial charge in [0.15, 0.2) is 9.84 Å². The zero-order valence-electron chi connectivity index (χ0n) is 18.9. The Morgan fingerprint density at radius 3 is 2.09 bits per heavy atom. The van der Waals surface area contributed by atoms with Crippen molar-refractivity contribution >= 4 is 32.3 Å². The van der Waals surface area contributed by atoms with E-state index >= 15 is 0 Å². The van der Waals surface area contributed by atoms with Gasteiger partial charge in [0.05, 0.1) is 10.6 Å². The lowest BCUT2D eigenvalue weighted by Crippen LogP contribution is -2.49. The summed E-state index contributed by atoms with van der Waals surface area (Å²) in [4.78, 5) is 17.6. The van der Waals surface area contributed by atoms with Gasteiger partial charge in [0.2, 0.25) is 5.91 Å². The fourth-order valence-corrected chi connectivity index (χ4v) is 6.14. The highest BCUT2D eigenvalue weighted by atomic mass is 32.2. The van der Waals surface area contributed by atoms with Crippen LogP contribution in [0.3, 0.4) is 0 Å². The molecule has 0 aliphatic carbocycles. The molecule has 6 nitrogen and oxygen atoms in total. The first-order chi connectivity index (χ1) is 16.5. The highest BCUT2D eigenvalue weighted by Crippen LogP contribution is 2.28. The minimum absolute atomic E-state index is 0.000437. The number of aromatic nitrogens is 1. The van der Waals surface area contributed by atoms with Gasteiger partial charge in [0, 0.05) is 49.0 Å². The van der Waals surface area contributed by atoms with Crippen molar-refractivity contribution in [1.82, 2.24) is 9.47 Å². The van der Waals surface area contributed by atoms with Gasteiger partial charge in [-0.15, -0.1) is 0 Å². The molecular formula is C27H27N3O3S. The summed E-state index contributed by atoms with van der Waals surface area (Å²) in [6, 6.07) is 26.8. The summed E-state index contributed by atoms with van der Waals surface area (Å²) in [5.41, 5.74) is 2.66. The van der Waals surface area contributed by atoms with E-state index in [2.05, 4.69) is 17.0 Å². The summed E-state index contributed by atoms with van der Waals surface area (Å²) < 4.78 is 28.3. The molecule has 7 heteroatoms. The third kappa shape index (κ3) is 4.56. The number of fused-ring (bicyclic) bond motifs is 1. The number of benzene rings is 3. The molecule has 34 heavy (non-hydrogen) atoms. The fraction of sp³-hybridized carbons (Fsp3) is 0.222. The molecule has 1 aliphatic heterocycles. The number of carbonyl (C=O) groups excluding carboxylic acids is 1. The average molecular weight is 474 g/mol. The van der Waals surface area contributed by atoms with Gasteiger partial charge >= 0.3 is 0 Å². The molecule has 0 unspecified atom stereocenters. The Bertz CT molecular complexity index is 1390. The molecule has 0 saturated carbocycles. The first-order valence-corrected chi connectivity index (χ1v) is 13.1. The second kappa shape index (κ2) is 9.35. The lowest BCUT2D eigenvalue weighted by atomic mass is 10.2. The van der Waals surface area contributed by atoms with Crippen LogP contribution in [0.2, 0.25) is 0 Å². The molecule has 1 aliphatic rings. The molecule has 0 bridgehead atoms. The Labute approximate surface area is 200 Å². The quantitative estimate of drug-likeness (QED) is 0.425. The summed E-state index contributed by atoms with van der Waals surface area (Å²) in [5, 5.41) is 0.653. The summed E-state index contributed by atoms with van der Waals surface area (Å²) in [7, 11) is -3.57. The lowest BCUT2D eigenvalue weighted by molar-refractivity contribution is -0.132. The fourth-order valence-electron chi connectivity index (χ4n) is 4.56. The van der Waals surface area contributed by atoms with Crippen LogP contribution in [0.5, 0.6) is 0 Å². The molecule has 174 valence electrons. The first-order valence-electron chi connectivity index (χ1n) is 11.4. The average Bonchev–Trinajstić information content (AvgIpc) is 3.24. The third-order valence-corrected chi connectivity index (χ3v) is 8.05. The Balaban J connectivity index is 1.34. The minimum atomic E-state index is -3.57. The zero-order chi connectivity index (χ0) is 23.5. The van der Waals surface area contributed by atoms with Gasteiger partial charge in [0.25, 0.3) is 0 Å². The first kappa shape index (κ1) is 22.2. The minimum Gasteiger partial charge on any atom is -0.368 e. The standard InChI is InChI=1S/C27H27N3O3S/c31-27(29-17-15-28(16-18-29)23-11-5-2-6-12-23)20-30-19-26(24-13-7-8-14-25(24)30)34(32,33)21-22-9-3-1-4-10-22/h1-14,19H,15-18,20-21H2. The maximum atomic E-state index is 13.3. The predicted molar refractivity (Wildman–Crippen MR) is 135 cm³/mol. The molecule has 1 amide bonds. The molecule has 3 aromatic carbocycles. The van der Waals surface area contributed by atoms with E-state index in [1.54, 1.807) is 10.8 Å². The van der Waals surface area contributed by atoms with Crippen molar-refractivity contribution in [2.75, 3.05) is 31.1 Å². The number of amides is 1. The number of hydrogen-bond donors (Lipinski definition) is 0. The number of hydrogen-bond acceptors (Lipinski definition) is 4. The van der Waals surface area contributed by atoms with Gasteiger partial charge in [-0.2, -0.15) is 0 Å². The zero-order valence-corrected chi connectivity index (χ0v) is 19.7. The molecule has 0 spiro atoms. The molecule has 1 aromatic heterocycles. The maximum absolute atomic E-state index is 13.3. The van der Waals surface area contributed by atoms with Gasteiger partial charge in [-0.1, -0.05) is 66.7 Å². The number of sulfone groups is 1. The molecule has 0 atom stereocenters. The van der Waals surface area contributed by atoms with E-state index in [4.69, 9.17) is 0 Å². The van der Waals surface area contributed by atoms with E-state index in [1.807, 2.05) is 77.7 Å². The van der Waals surface area contributed by atoms with Crippen molar-refractivity contribution in [3.05, 3.63) is 96.7 Å². The van der Waals surface area contributed by atoms with Crippen LogP contribution >= 0.6 is 0 Å². The number of carbonyl (C=O) groups is 1. The molecule has 4 aromatic rings. The van der Waals surface area contributed by atoms with Crippen LogP contribution in [0.25, 0.3) is 10.9 Å². The predicted octanol–water partition coefficient (Wildman–Crippen LogP) is 3.96. The maximum Gasteiger partial charge on any atom is 0.242 e. The number of para-hydroxylation sites is 2. The largest absolute Gasteiger partial charge is 0.368 e. The summed E-state index contributed by atoms with van der Waals surface area (Å²) in [6.45, 7) is 2.96. The number of rotatable bonds is 6. The molecule has 1 fully saturated rings. The molecular weight excluding hydrogens is 446 g/mol. The third-order valence-electron chi connectivity index (χ3n) is 6.35. The monoisotopic (exact) mass is 473 g/mol. The van der Waals surface area contributed by atoms with E-state index < -0.39 is 9.84 Å². The Hall–Kier alpha value is -3.58. The topological polar surface area (TPSA) is 62.6 Å². The van der Waals surface area contributed by atoms with Crippen molar-refractivity contribution in [2.45, 2.75) is 17.2 Å². The Kier molecular flexibility index (Phi) is 6.11. The van der Waals surface area contributed by atoms with E-state index in [0.717, 1.165) is 24.2 Å². The number of nitrogens with zero attached hydrogens (tertiary/aromatic N) is 3. The van der Waals surface area contributed by atoms with Gasteiger partial charge in [-0.3, -0.25) is 4.79 Å².